The predicted octanol–water partition coefficient (Wildman–Crippen LogP) is 3.67. The topological polar surface area (TPSA) is 20.2 Å². The van der Waals surface area contributed by atoms with Crippen LogP contribution in [-0.2, 0) is 0 Å². The lowest BCUT2D eigenvalue weighted by atomic mass is 9.52. The molecule has 2 aliphatic rings. The smallest absolute Gasteiger partial charge is 0.0717 e. The molecule has 0 heterocycles. The Hall–Kier alpha value is -0.300. The van der Waals surface area contributed by atoms with Gasteiger partial charge < -0.3 is 5.11 Å². The van der Waals surface area contributed by atoms with E-state index >= 15 is 0 Å². The van der Waals surface area contributed by atoms with Gasteiger partial charge in [-0.05, 0) is 51.4 Å². The Morgan fingerprint density at radius 3 is 2.27 bits per heavy atom. The molecular weight excluding hydrogens is 184 g/mol. The van der Waals surface area contributed by atoms with E-state index in [0.717, 1.165) is 12.8 Å². The summed E-state index contributed by atoms with van der Waals surface area (Å²) in [5.41, 5.74) is 1.21. The Morgan fingerprint density at radius 1 is 1.13 bits per heavy atom. The summed E-state index contributed by atoms with van der Waals surface area (Å²) in [6.07, 6.45) is 8.03. The molecule has 0 aromatic carbocycles. The highest BCUT2D eigenvalue weighted by molar-refractivity contribution is 5.28. The molecular formula is C14H24O. The van der Waals surface area contributed by atoms with E-state index in [0.29, 0.717) is 0 Å². The van der Waals surface area contributed by atoms with Gasteiger partial charge in [-0.2, -0.15) is 0 Å². The van der Waals surface area contributed by atoms with Gasteiger partial charge in [0.25, 0.3) is 0 Å². The molecule has 0 radical (unpaired) electrons. The summed E-state index contributed by atoms with van der Waals surface area (Å²) in [7, 11) is 0. The van der Waals surface area contributed by atoms with E-state index < -0.39 is 5.60 Å². The Balaban J connectivity index is 2.55. The van der Waals surface area contributed by atoms with Crippen molar-refractivity contribution >= 4 is 0 Å². The number of aliphatic hydroxyl groups is 1. The van der Waals surface area contributed by atoms with Gasteiger partial charge in [0, 0.05) is 5.41 Å². The third-order valence-electron chi connectivity index (χ3n) is 5.18. The van der Waals surface area contributed by atoms with Crippen LogP contribution in [0.5, 0.6) is 0 Å². The lowest BCUT2D eigenvalue weighted by Gasteiger charge is -2.54. The molecule has 2 atom stereocenters. The molecule has 1 fully saturated rings. The van der Waals surface area contributed by atoms with Crippen molar-refractivity contribution in [2.75, 3.05) is 0 Å². The van der Waals surface area contributed by atoms with Crippen molar-refractivity contribution in [3.63, 3.8) is 0 Å². The molecule has 1 spiro atoms. The van der Waals surface area contributed by atoms with Crippen molar-refractivity contribution in [3.8, 4) is 0 Å². The molecule has 0 amide bonds. The lowest BCUT2D eigenvalue weighted by molar-refractivity contribution is -0.0950. The van der Waals surface area contributed by atoms with Crippen LogP contribution >= 0.6 is 0 Å². The normalized spacial score (nSPS) is 44.5. The van der Waals surface area contributed by atoms with Crippen molar-refractivity contribution in [3.05, 3.63) is 11.6 Å². The first-order chi connectivity index (χ1) is 6.83. The quantitative estimate of drug-likeness (QED) is 0.602. The van der Waals surface area contributed by atoms with Crippen molar-refractivity contribution in [1.29, 1.82) is 0 Å². The zero-order valence-corrected chi connectivity index (χ0v) is 10.6. The van der Waals surface area contributed by atoms with Gasteiger partial charge in [0.15, 0.2) is 0 Å². The molecule has 2 aliphatic carbocycles. The van der Waals surface area contributed by atoms with Crippen LogP contribution in [0.2, 0.25) is 0 Å². The molecule has 0 aliphatic heterocycles. The monoisotopic (exact) mass is 208 g/mol. The van der Waals surface area contributed by atoms with Gasteiger partial charge in [0.1, 0.15) is 0 Å². The summed E-state index contributed by atoms with van der Waals surface area (Å²) in [6, 6.07) is 0. The number of allylic oxidation sites excluding steroid dienone is 1. The predicted molar refractivity (Wildman–Crippen MR) is 63.7 cm³/mol. The molecule has 0 aromatic rings. The first-order valence-electron chi connectivity index (χ1n) is 6.23. The average Bonchev–Trinajstić information content (AvgIpc) is 2.39. The maximum absolute atomic E-state index is 10.7. The summed E-state index contributed by atoms with van der Waals surface area (Å²) < 4.78 is 0. The second kappa shape index (κ2) is 3.10. The minimum Gasteiger partial charge on any atom is -0.389 e. The molecule has 1 heteroatoms. The Morgan fingerprint density at radius 2 is 1.80 bits per heavy atom. The van der Waals surface area contributed by atoms with Gasteiger partial charge in [0.2, 0.25) is 0 Å². The summed E-state index contributed by atoms with van der Waals surface area (Å²) in [6.45, 7) is 8.94. The highest BCUT2D eigenvalue weighted by atomic mass is 16.3. The van der Waals surface area contributed by atoms with Crippen LogP contribution in [0.1, 0.15) is 59.8 Å². The third kappa shape index (κ3) is 1.25. The van der Waals surface area contributed by atoms with Crippen LogP contribution in [0.4, 0.5) is 0 Å². The SMILES string of the molecule is CC1=CCCC(C)(C)C12CCCC2(C)O. The highest BCUT2D eigenvalue weighted by Gasteiger charge is 2.60. The Bertz CT molecular complexity index is 298. The van der Waals surface area contributed by atoms with Crippen molar-refractivity contribution in [2.24, 2.45) is 10.8 Å². The van der Waals surface area contributed by atoms with Crippen LogP contribution < -0.4 is 0 Å². The Kier molecular flexibility index (Phi) is 2.31. The number of hydrogen-bond donors (Lipinski definition) is 1. The van der Waals surface area contributed by atoms with E-state index in [-0.39, 0.29) is 10.8 Å². The summed E-state index contributed by atoms with van der Waals surface area (Å²) in [5.74, 6) is 0. The molecule has 86 valence electrons. The maximum atomic E-state index is 10.7. The van der Waals surface area contributed by atoms with E-state index in [2.05, 4.69) is 26.8 Å². The molecule has 0 aromatic heterocycles. The fraction of sp³-hybridized carbons (Fsp3) is 0.857. The van der Waals surface area contributed by atoms with Gasteiger partial charge in [0.05, 0.1) is 5.60 Å². The van der Waals surface area contributed by atoms with Crippen molar-refractivity contribution in [2.45, 2.75) is 65.4 Å². The molecule has 0 bridgehead atoms. The summed E-state index contributed by atoms with van der Waals surface area (Å²) >= 11 is 0. The zero-order valence-electron chi connectivity index (χ0n) is 10.6. The number of rotatable bonds is 0. The molecule has 2 rings (SSSR count). The summed E-state index contributed by atoms with van der Waals surface area (Å²) in [5, 5.41) is 10.7. The van der Waals surface area contributed by atoms with Crippen LogP contribution in [0.15, 0.2) is 11.6 Å². The molecule has 0 saturated heterocycles. The molecule has 1 N–H and O–H groups in total. The molecule has 1 nitrogen and oxygen atoms in total. The molecule has 1 saturated carbocycles. The maximum Gasteiger partial charge on any atom is 0.0717 e. The number of hydrogen-bond acceptors (Lipinski definition) is 1. The van der Waals surface area contributed by atoms with Crippen LogP contribution in [-0.4, -0.2) is 10.7 Å². The van der Waals surface area contributed by atoms with Gasteiger partial charge in [-0.15, -0.1) is 0 Å². The molecule has 2 unspecified atom stereocenters. The first kappa shape index (κ1) is 11.2. The van der Waals surface area contributed by atoms with E-state index in [1.807, 2.05) is 6.92 Å². The van der Waals surface area contributed by atoms with Crippen molar-refractivity contribution < 1.29 is 5.11 Å². The second-order valence-corrected chi connectivity index (χ2v) is 6.34. The minimum absolute atomic E-state index is 0.0399. The third-order valence-corrected chi connectivity index (χ3v) is 5.18. The first-order valence-corrected chi connectivity index (χ1v) is 6.23. The zero-order chi connectivity index (χ0) is 11.3. The van der Waals surface area contributed by atoms with E-state index in [1.165, 1.54) is 24.8 Å². The average molecular weight is 208 g/mol. The second-order valence-electron chi connectivity index (χ2n) is 6.34. The fourth-order valence-electron chi connectivity index (χ4n) is 4.44. The van der Waals surface area contributed by atoms with Gasteiger partial charge in [-0.3, -0.25) is 0 Å². The van der Waals surface area contributed by atoms with Crippen LogP contribution in [0.25, 0.3) is 0 Å². The van der Waals surface area contributed by atoms with E-state index in [1.54, 1.807) is 0 Å². The van der Waals surface area contributed by atoms with Crippen LogP contribution in [0, 0.1) is 10.8 Å². The summed E-state index contributed by atoms with van der Waals surface area (Å²) in [4.78, 5) is 0. The minimum atomic E-state index is -0.502. The fourth-order valence-corrected chi connectivity index (χ4v) is 4.44. The van der Waals surface area contributed by atoms with Gasteiger partial charge in [-0.1, -0.05) is 25.5 Å². The largest absolute Gasteiger partial charge is 0.389 e. The van der Waals surface area contributed by atoms with Crippen LogP contribution in [0.3, 0.4) is 0 Å². The Labute approximate surface area is 93.6 Å². The lowest BCUT2D eigenvalue weighted by Crippen LogP contribution is -2.53. The van der Waals surface area contributed by atoms with Gasteiger partial charge >= 0.3 is 0 Å². The van der Waals surface area contributed by atoms with Gasteiger partial charge in [-0.25, -0.2) is 0 Å². The molecule has 15 heavy (non-hydrogen) atoms. The van der Waals surface area contributed by atoms with Crippen molar-refractivity contribution in [1.82, 2.24) is 0 Å². The standard InChI is InChI=1S/C14H24O/c1-11-7-5-8-12(2,3)14(11)10-6-9-13(14,4)15/h7,15H,5-6,8-10H2,1-4H3. The van der Waals surface area contributed by atoms with E-state index in [9.17, 15) is 5.11 Å². The van der Waals surface area contributed by atoms with E-state index in [4.69, 9.17) is 0 Å². The highest BCUT2D eigenvalue weighted by Crippen LogP contribution is 2.63.